The smallest absolute Gasteiger partial charge is 0.320 e. The number of phenolic OH excluding ortho intramolecular Hbond substituents is 1. The van der Waals surface area contributed by atoms with E-state index < -0.39 is 46.5 Å². The van der Waals surface area contributed by atoms with Crippen LogP contribution in [0.1, 0.15) is 23.7 Å². The van der Waals surface area contributed by atoms with Crippen LogP contribution in [-0.2, 0) is 4.79 Å². The zero-order chi connectivity index (χ0) is 22.9. The van der Waals surface area contributed by atoms with E-state index >= 15 is 0 Å². The first-order valence-corrected chi connectivity index (χ1v) is 9.05. The topological polar surface area (TPSA) is 87.0 Å². The molecule has 0 radical (unpaired) electrons. The fourth-order valence-corrected chi connectivity index (χ4v) is 3.17. The van der Waals surface area contributed by atoms with Gasteiger partial charge in [-0.15, -0.1) is 0 Å². The number of rotatable bonds is 6. The molecule has 1 unspecified atom stereocenters. The Labute approximate surface area is 173 Å². The Kier molecular flexibility index (Phi) is 6.05. The summed E-state index contributed by atoms with van der Waals surface area (Å²) >= 11 is 0. The lowest BCUT2D eigenvalue weighted by Gasteiger charge is -2.15. The summed E-state index contributed by atoms with van der Waals surface area (Å²) in [6.07, 6.45) is -0.126. The van der Waals surface area contributed by atoms with E-state index in [0.717, 1.165) is 0 Å². The van der Waals surface area contributed by atoms with Crippen LogP contribution in [0.4, 0.5) is 23.2 Å². The molecule has 0 spiro atoms. The number of benzene rings is 3. The summed E-state index contributed by atoms with van der Waals surface area (Å²) in [5, 5.41) is 21.0. The van der Waals surface area contributed by atoms with Gasteiger partial charge in [-0.25, -0.2) is 17.6 Å². The number of phenols is 1. The Balaban J connectivity index is 2.19. The van der Waals surface area contributed by atoms with Crippen molar-refractivity contribution in [3.05, 3.63) is 71.3 Å². The third-order valence-corrected chi connectivity index (χ3v) is 4.71. The Morgan fingerprint density at radius 1 is 1.00 bits per heavy atom. The van der Waals surface area contributed by atoms with Gasteiger partial charge in [-0.3, -0.25) is 14.6 Å². The fraction of sp³-hybridized carbons (Fsp3) is 0.136. The Bertz CT molecular complexity index is 1240. The lowest BCUT2D eigenvalue weighted by Crippen LogP contribution is -2.32. The van der Waals surface area contributed by atoms with Gasteiger partial charge in [0, 0.05) is 11.1 Å². The monoisotopic (exact) mass is 433 g/mol. The molecule has 9 heteroatoms. The number of hydrogen-bond donors (Lipinski definition) is 2. The number of Topliss-reactive ketones (excluding diaryl/α,β-unsaturated/α-hetero) is 1. The van der Waals surface area contributed by atoms with Gasteiger partial charge in [0.25, 0.3) is 0 Å². The van der Waals surface area contributed by atoms with Crippen molar-refractivity contribution in [1.29, 1.82) is 0 Å². The van der Waals surface area contributed by atoms with E-state index in [2.05, 4.69) is 4.99 Å². The number of halogens is 4. The molecular weight excluding hydrogens is 418 g/mol. The van der Waals surface area contributed by atoms with E-state index in [9.17, 15) is 37.4 Å². The minimum atomic E-state index is -2.23. The first-order chi connectivity index (χ1) is 14.7. The lowest BCUT2D eigenvalue weighted by atomic mass is 9.91. The number of aromatic hydroxyl groups is 1. The molecule has 3 aromatic rings. The van der Waals surface area contributed by atoms with Crippen LogP contribution in [0.5, 0.6) is 5.75 Å². The van der Waals surface area contributed by atoms with Gasteiger partial charge < -0.3 is 10.2 Å². The summed E-state index contributed by atoms with van der Waals surface area (Å²) < 4.78 is 54.5. The van der Waals surface area contributed by atoms with Gasteiger partial charge in [-0.05, 0) is 23.9 Å². The zero-order valence-electron chi connectivity index (χ0n) is 16.0. The maximum absolute atomic E-state index is 14.1. The average molecular weight is 433 g/mol. The van der Waals surface area contributed by atoms with Gasteiger partial charge in [0.2, 0.25) is 0 Å². The number of hydrogen-bond acceptors (Lipinski definition) is 4. The highest BCUT2D eigenvalue weighted by atomic mass is 19.2. The first-order valence-electron chi connectivity index (χ1n) is 9.05. The van der Waals surface area contributed by atoms with Crippen LogP contribution >= 0.6 is 0 Å². The molecule has 160 valence electrons. The Hall–Kier alpha value is -3.75. The number of nitrogens with zero attached hydrogens (tertiary/aromatic N) is 1. The summed E-state index contributed by atoms with van der Waals surface area (Å²) in [7, 11) is 0. The summed E-state index contributed by atoms with van der Waals surface area (Å²) in [6.45, 7) is 1.46. The molecule has 3 aromatic carbocycles. The van der Waals surface area contributed by atoms with Gasteiger partial charge in [0.1, 0.15) is 11.4 Å². The normalized spacial score (nSPS) is 12.7. The molecule has 0 fully saturated rings. The largest absolute Gasteiger partial charge is 0.506 e. The molecule has 0 aliphatic heterocycles. The van der Waals surface area contributed by atoms with Crippen LogP contribution in [0.15, 0.2) is 47.5 Å². The zero-order valence-corrected chi connectivity index (χ0v) is 16.0. The minimum Gasteiger partial charge on any atom is -0.506 e. The molecule has 0 aliphatic carbocycles. The highest BCUT2D eigenvalue weighted by Gasteiger charge is 2.35. The molecule has 0 saturated heterocycles. The van der Waals surface area contributed by atoms with Crippen LogP contribution in [-0.4, -0.2) is 27.7 Å². The number of aliphatic carboxylic acids is 1. The summed E-state index contributed by atoms with van der Waals surface area (Å²) in [5.74, 6) is -13.9. The average Bonchev–Trinajstić information content (AvgIpc) is 2.75. The molecule has 3 rings (SSSR count). The van der Waals surface area contributed by atoms with Crippen molar-refractivity contribution in [1.82, 2.24) is 0 Å². The molecule has 0 heterocycles. The van der Waals surface area contributed by atoms with Gasteiger partial charge >= 0.3 is 5.97 Å². The summed E-state index contributed by atoms with van der Waals surface area (Å²) in [6, 6.07) is 9.77. The third kappa shape index (κ3) is 3.98. The van der Waals surface area contributed by atoms with E-state index in [1.54, 1.807) is 30.3 Å². The number of aliphatic imine (C=N–C) groups is 1. The molecule has 0 aromatic heterocycles. The van der Waals surface area contributed by atoms with Gasteiger partial charge in [-0.1, -0.05) is 37.3 Å². The fourth-order valence-electron chi connectivity index (χ4n) is 3.17. The van der Waals surface area contributed by atoms with Crippen LogP contribution in [0.3, 0.4) is 0 Å². The van der Waals surface area contributed by atoms with Crippen molar-refractivity contribution >= 4 is 33.9 Å². The standard InChI is InChI=1S/C22H15F4NO4/c1-2-14(27-20-11-6-4-3-5-10(11)7-8-15(20)28)16(22(30)31)21(29)12-9-13(23)18(25)19(26)17(12)24/h3-9,16,28H,2H2,1H3,(H,30,31). The predicted octanol–water partition coefficient (Wildman–Crippen LogP) is 5.17. The molecule has 2 N–H and O–H groups in total. The number of carboxylic acid groups (broad SMARTS) is 1. The van der Waals surface area contributed by atoms with Gasteiger partial charge in [0.05, 0.1) is 5.56 Å². The molecule has 31 heavy (non-hydrogen) atoms. The number of fused-ring (bicyclic) bond motifs is 1. The van der Waals surface area contributed by atoms with Crippen LogP contribution < -0.4 is 0 Å². The highest BCUT2D eigenvalue weighted by molar-refractivity contribution is 6.24. The summed E-state index contributed by atoms with van der Waals surface area (Å²) in [5.41, 5.74) is -1.58. The first kappa shape index (κ1) is 21.9. The maximum Gasteiger partial charge on any atom is 0.320 e. The SMILES string of the molecule is CCC(=Nc1c(O)ccc2ccccc12)C(C(=O)O)C(=O)c1cc(F)c(F)c(F)c1F. The van der Waals surface area contributed by atoms with E-state index in [0.29, 0.717) is 10.8 Å². The Morgan fingerprint density at radius 3 is 2.32 bits per heavy atom. The second kappa shape index (κ2) is 8.55. The van der Waals surface area contributed by atoms with Crippen molar-refractivity contribution < 1.29 is 37.4 Å². The number of ketones is 1. The minimum absolute atomic E-state index is 0.0223. The van der Waals surface area contributed by atoms with Crippen LogP contribution in [0.2, 0.25) is 0 Å². The van der Waals surface area contributed by atoms with Crippen molar-refractivity contribution in [2.45, 2.75) is 13.3 Å². The number of carbonyl (C=O) groups is 2. The number of carbonyl (C=O) groups excluding carboxylic acids is 1. The molecular formula is C22H15F4NO4. The Morgan fingerprint density at radius 2 is 1.68 bits per heavy atom. The molecule has 0 aliphatic rings. The lowest BCUT2D eigenvalue weighted by molar-refractivity contribution is -0.138. The van der Waals surface area contributed by atoms with Gasteiger partial charge in [0.15, 0.2) is 35.0 Å². The quantitative estimate of drug-likeness (QED) is 0.140. The molecule has 0 bridgehead atoms. The second-order valence-electron chi connectivity index (χ2n) is 6.59. The maximum atomic E-state index is 14.1. The molecule has 1 atom stereocenters. The van der Waals surface area contributed by atoms with E-state index in [1.165, 1.54) is 13.0 Å². The summed E-state index contributed by atoms with van der Waals surface area (Å²) in [4.78, 5) is 28.7. The van der Waals surface area contributed by atoms with E-state index in [1.807, 2.05) is 0 Å². The second-order valence-corrected chi connectivity index (χ2v) is 6.59. The van der Waals surface area contributed by atoms with Crippen molar-refractivity contribution in [3.63, 3.8) is 0 Å². The number of carboxylic acids is 1. The highest BCUT2D eigenvalue weighted by Crippen LogP contribution is 2.36. The third-order valence-electron chi connectivity index (χ3n) is 4.71. The van der Waals surface area contributed by atoms with E-state index in [4.69, 9.17) is 0 Å². The van der Waals surface area contributed by atoms with E-state index in [-0.39, 0.29) is 29.6 Å². The predicted molar refractivity (Wildman–Crippen MR) is 105 cm³/mol. The van der Waals surface area contributed by atoms with Crippen LogP contribution in [0, 0.1) is 29.2 Å². The van der Waals surface area contributed by atoms with Crippen molar-refractivity contribution in [2.24, 2.45) is 10.9 Å². The van der Waals surface area contributed by atoms with Crippen molar-refractivity contribution in [3.8, 4) is 5.75 Å². The van der Waals surface area contributed by atoms with Crippen molar-refractivity contribution in [2.75, 3.05) is 0 Å². The van der Waals surface area contributed by atoms with Gasteiger partial charge in [-0.2, -0.15) is 0 Å². The molecule has 0 saturated carbocycles. The van der Waals surface area contributed by atoms with Crippen LogP contribution in [0.25, 0.3) is 10.8 Å². The molecule has 0 amide bonds. The molecule has 5 nitrogen and oxygen atoms in total.